The Balaban J connectivity index is 1.48. The van der Waals surface area contributed by atoms with E-state index in [9.17, 15) is 4.79 Å². The molecule has 1 aliphatic carbocycles. The first kappa shape index (κ1) is 16.3. The summed E-state index contributed by atoms with van der Waals surface area (Å²) in [6, 6.07) is 8.85. The average molecular weight is 339 g/mol. The fourth-order valence-corrected chi connectivity index (χ4v) is 3.93. The SMILES string of the molecule is O=C(NC1CCCCc2ccccc21)c1cn(C2CCNCC2)nn1. The minimum Gasteiger partial charge on any atom is -0.344 e. The lowest BCUT2D eigenvalue weighted by Gasteiger charge is -2.22. The zero-order valence-corrected chi connectivity index (χ0v) is 14.4. The maximum atomic E-state index is 12.7. The van der Waals surface area contributed by atoms with Crippen molar-refractivity contribution in [3.8, 4) is 0 Å². The molecule has 1 amide bonds. The van der Waals surface area contributed by atoms with Gasteiger partial charge in [-0.25, -0.2) is 4.68 Å². The van der Waals surface area contributed by atoms with Crippen molar-refractivity contribution in [1.82, 2.24) is 25.6 Å². The van der Waals surface area contributed by atoms with Crippen LogP contribution in [-0.4, -0.2) is 34.0 Å². The summed E-state index contributed by atoms with van der Waals surface area (Å²) in [6.45, 7) is 1.98. The molecule has 2 N–H and O–H groups in total. The van der Waals surface area contributed by atoms with Gasteiger partial charge in [-0.15, -0.1) is 5.10 Å². The van der Waals surface area contributed by atoms with E-state index in [0.29, 0.717) is 11.7 Å². The van der Waals surface area contributed by atoms with Gasteiger partial charge in [-0.1, -0.05) is 35.9 Å². The molecule has 1 unspecified atom stereocenters. The van der Waals surface area contributed by atoms with Gasteiger partial charge in [-0.3, -0.25) is 4.79 Å². The first-order chi connectivity index (χ1) is 12.3. The van der Waals surface area contributed by atoms with Crippen molar-refractivity contribution >= 4 is 5.91 Å². The van der Waals surface area contributed by atoms with Crippen LogP contribution >= 0.6 is 0 Å². The number of nitrogens with one attached hydrogen (secondary N) is 2. The van der Waals surface area contributed by atoms with E-state index >= 15 is 0 Å². The maximum Gasteiger partial charge on any atom is 0.273 e. The van der Waals surface area contributed by atoms with Gasteiger partial charge < -0.3 is 10.6 Å². The lowest BCUT2D eigenvalue weighted by atomic mass is 9.99. The highest BCUT2D eigenvalue weighted by atomic mass is 16.2. The summed E-state index contributed by atoms with van der Waals surface area (Å²) in [7, 11) is 0. The van der Waals surface area contributed by atoms with E-state index in [-0.39, 0.29) is 11.9 Å². The minimum absolute atomic E-state index is 0.0650. The molecule has 1 atom stereocenters. The molecule has 4 rings (SSSR count). The van der Waals surface area contributed by atoms with Gasteiger partial charge in [0, 0.05) is 0 Å². The van der Waals surface area contributed by atoms with Crippen LogP contribution in [0.2, 0.25) is 0 Å². The van der Waals surface area contributed by atoms with E-state index in [2.05, 4.69) is 45.2 Å². The molecule has 0 spiro atoms. The van der Waals surface area contributed by atoms with E-state index in [1.54, 1.807) is 6.20 Å². The van der Waals surface area contributed by atoms with Crippen molar-refractivity contribution in [2.24, 2.45) is 0 Å². The first-order valence-corrected chi connectivity index (χ1v) is 9.32. The van der Waals surface area contributed by atoms with Gasteiger partial charge in [0.25, 0.3) is 5.91 Å². The third-order valence-corrected chi connectivity index (χ3v) is 5.35. The van der Waals surface area contributed by atoms with Crippen LogP contribution in [-0.2, 0) is 6.42 Å². The van der Waals surface area contributed by atoms with Gasteiger partial charge >= 0.3 is 0 Å². The normalized spacial score (nSPS) is 21.4. The number of aryl methyl sites for hydroxylation is 1. The van der Waals surface area contributed by atoms with Gasteiger partial charge in [-0.05, 0) is 56.3 Å². The molecule has 25 heavy (non-hydrogen) atoms. The van der Waals surface area contributed by atoms with E-state index in [1.165, 1.54) is 17.5 Å². The van der Waals surface area contributed by atoms with Gasteiger partial charge in [0.15, 0.2) is 5.69 Å². The maximum absolute atomic E-state index is 12.7. The number of benzene rings is 1. The Kier molecular flexibility index (Phi) is 4.78. The molecule has 1 aromatic heterocycles. The molecule has 1 aromatic carbocycles. The standard InChI is InChI=1S/C19H25N5O/c25-19(18-13-24(23-22-18)15-9-11-20-12-10-15)21-17-8-4-2-6-14-5-1-3-7-16(14)17/h1,3,5,7,13,15,17,20H,2,4,6,8-12H2,(H,21,25). The summed E-state index contributed by atoms with van der Waals surface area (Å²) < 4.78 is 1.86. The lowest BCUT2D eigenvalue weighted by molar-refractivity contribution is 0.0929. The molecule has 6 nitrogen and oxygen atoms in total. The molecule has 1 fully saturated rings. The summed E-state index contributed by atoms with van der Waals surface area (Å²) >= 11 is 0. The van der Waals surface area contributed by atoms with Crippen LogP contribution in [0.1, 0.15) is 65.8 Å². The quantitative estimate of drug-likeness (QED) is 0.843. The summed E-state index contributed by atoms with van der Waals surface area (Å²) in [6.07, 6.45) is 8.23. The predicted molar refractivity (Wildman–Crippen MR) is 95.4 cm³/mol. The van der Waals surface area contributed by atoms with Gasteiger partial charge in [0.2, 0.25) is 0 Å². The fraction of sp³-hybridized carbons (Fsp3) is 0.526. The second-order valence-electron chi connectivity index (χ2n) is 7.04. The van der Waals surface area contributed by atoms with Crippen molar-refractivity contribution < 1.29 is 4.79 Å². The predicted octanol–water partition coefficient (Wildman–Crippen LogP) is 2.40. The van der Waals surface area contributed by atoms with Crippen molar-refractivity contribution in [2.75, 3.05) is 13.1 Å². The zero-order chi connectivity index (χ0) is 17.1. The number of carbonyl (C=O) groups is 1. The number of amides is 1. The number of hydrogen-bond acceptors (Lipinski definition) is 4. The molecule has 0 saturated carbocycles. The molecule has 132 valence electrons. The second kappa shape index (κ2) is 7.35. The fourth-order valence-electron chi connectivity index (χ4n) is 3.93. The van der Waals surface area contributed by atoms with Gasteiger partial charge in [-0.2, -0.15) is 0 Å². The molecule has 1 aliphatic heterocycles. The topological polar surface area (TPSA) is 71.8 Å². The summed E-state index contributed by atoms with van der Waals surface area (Å²) in [5.41, 5.74) is 3.02. The van der Waals surface area contributed by atoms with E-state index in [4.69, 9.17) is 0 Å². The van der Waals surface area contributed by atoms with Crippen molar-refractivity contribution in [1.29, 1.82) is 0 Å². The zero-order valence-electron chi connectivity index (χ0n) is 14.4. The highest BCUT2D eigenvalue weighted by Crippen LogP contribution is 2.28. The Labute approximate surface area is 148 Å². The Bertz CT molecular complexity index is 735. The minimum atomic E-state index is -0.123. The van der Waals surface area contributed by atoms with E-state index < -0.39 is 0 Å². The van der Waals surface area contributed by atoms with Crippen LogP contribution in [0.4, 0.5) is 0 Å². The average Bonchev–Trinajstić information content (AvgIpc) is 3.07. The van der Waals surface area contributed by atoms with Crippen LogP contribution in [0.25, 0.3) is 0 Å². The molecule has 2 aromatic rings. The molecule has 0 bridgehead atoms. The number of piperidine rings is 1. The van der Waals surface area contributed by atoms with E-state index in [1.807, 2.05) is 4.68 Å². The number of fused-ring (bicyclic) bond motifs is 1. The van der Waals surface area contributed by atoms with E-state index in [0.717, 1.165) is 45.2 Å². The van der Waals surface area contributed by atoms with Crippen LogP contribution in [0.15, 0.2) is 30.5 Å². The third kappa shape index (κ3) is 3.58. The first-order valence-electron chi connectivity index (χ1n) is 9.32. The molecule has 0 radical (unpaired) electrons. The number of aromatic nitrogens is 3. The Hall–Kier alpha value is -2.21. The Morgan fingerprint density at radius 3 is 2.88 bits per heavy atom. The molecule has 6 heteroatoms. The van der Waals surface area contributed by atoms with Crippen LogP contribution in [0.3, 0.4) is 0 Å². The monoisotopic (exact) mass is 339 g/mol. The number of nitrogens with zero attached hydrogens (tertiary/aromatic N) is 3. The number of carbonyl (C=O) groups excluding carboxylic acids is 1. The van der Waals surface area contributed by atoms with Crippen molar-refractivity contribution in [3.05, 3.63) is 47.3 Å². The highest BCUT2D eigenvalue weighted by Gasteiger charge is 2.23. The van der Waals surface area contributed by atoms with Gasteiger partial charge in [0.05, 0.1) is 18.3 Å². The molecular weight excluding hydrogens is 314 g/mol. The summed E-state index contributed by atoms with van der Waals surface area (Å²) in [4.78, 5) is 12.7. The second-order valence-corrected chi connectivity index (χ2v) is 7.04. The Morgan fingerprint density at radius 1 is 1.16 bits per heavy atom. The molecule has 2 aliphatic rings. The third-order valence-electron chi connectivity index (χ3n) is 5.35. The molecule has 2 heterocycles. The van der Waals surface area contributed by atoms with Crippen LogP contribution < -0.4 is 10.6 Å². The number of hydrogen-bond donors (Lipinski definition) is 2. The van der Waals surface area contributed by atoms with Crippen LogP contribution in [0, 0.1) is 0 Å². The Morgan fingerprint density at radius 2 is 2.00 bits per heavy atom. The highest BCUT2D eigenvalue weighted by molar-refractivity contribution is 5.92. The lowest BCUT2D eigenvalue weighted by Crippen LogP contribution is -2.30. The molecular formula is C19H25N5O. The molecule has 1 saturated heterocycles. The smallest absolute Gasteiger partial charge is 0.273 e. The summed E-state index contributed by atoms with van der Waals surface area (Å²) in [5.74, 6) is -0.123. The summed E-state index contributed by atoms with van der Waals surface area (Å²) in [5, 5.41) is 14.8. The van der Waals surface area contributed by atoms with Gasteiger partial charge in [0.1, 0.15) is 0 Å². The number of rotatable bonds is 3. The van der Waals surface area contributed by atoms with Crippen LogP contribution in [0.5, 0.6) is 0 Å². The van der Waals surface area contributed by atoms with Crippen molar-refractivity contribution in [2.45, 2.75) is 50.6 Å². The van der Waals surface area contributed by atoms with Crippen molar-refractivity contribution in [3.63, 3.8) is 0 Å². The largest absolute Gasteiger partial charge is 0.344 e.